The molecule has 6 nitrogen and oxygen atoms in total. The Morgan fingerprint density at radius 2 is 1.03 bits per heavy atom. The summed E-state index contributed by atoms with van der Waals surface area (Å²) in [7, 11) is 0. The predicted octanol–water partition coefficient (Wildman–Crippen LogP) is 5.33. The lowest BCUT2D eigenvalue weighted by molar-refractivity contribution is -0.132. The molecule has 0 atom stereocenters. The summed E-state index contributed by atoms with van der Waals surface area (Å²) in [6.07, 6.45) is 0. The molecule has 6 heteroatoms. The van der Waals surface area contributed by atoms with Crippen molar-refractivity contribution < 1.29 is 19.1 Å². The summed E-state index contributed by atoms with van der Waals surface area (Å²) in [5, 5.41) is 0. The molecule has 0 amide bonds. The van der Waals surface area contributed by atoms with E-state index in [-0.39, 0.29) is 11.9 Å². The third-order valence-electron chi connectivity index (χ3n) is 4.58. The topological polar surface area (TPSA) is 78.4 Å². The molecule has 4 rings (SSSR count). The van der Waals surface area contributed by atoms with Crippen molar-refractivity contribution in [3.63, 3.8) is 0 Å². The van der Waals surface area contributed by atoms with Gasteiger partial charge in [-0.3, -0.25) is 9.59 Å². The molecule has 0 radical (unpaired) electrons. The van der Waals surface area contributed by atoms with Crippen molar-refractivity contribution in [3.8, 4) is 45.4 Å². The van der Waals surface area contributed by atoms with Crippen molar-refractivity contribution >= 4 is 11.9 Å². The van der Waals surface area contributed by atoms with Crippen molar-refractivity contribution in [2.75, 3.05) is 0 Å². The molecular formula is C26H20N2O4. The molecule has 32 heavy (non-hydrogen) atoms. The Morgan fingerprint density at radius 3 is 1.44 bits per heavy atom. The molecule has 1 aromatic heterocycles. The highest BCUT2D eigenvalue weighted by molar-refractivity contribution is 5.74. The van der Waals surface area contributed by atoms with Crippen molar-refractivity contribution in [2.24, 2.45) is 0 Å². The molecule has 0 fully saturated rings. The first-order valence-corrected chi connectivity index (χ1v) is 10.00. The van der Waals surface area contributed by atoms with E-state index in [4.69, 9.17) is 19.4 Å². The van der Waals surface area contributed by atoms with E-state index in [1.54, 1.807) is 24.3 Å². The highest BCUT2D eigenvalue weighted by Gasteiger charge is 2.11. The average molecular weight is 424 g/mol. The van der Waals surface area contributed by atoms with Crippen LogP contribution < -0.4 is 9.47 Å². The molecule has 3 aromatic carbocycles. The fraction of sp³-hybridized carbons (Fsp3) is 0.0769. The smallest absolute Gasteiger partial charge is 0.308 e. The molecule has 0 bridgehead atoms. The van der Waals surface area contributed by atoms with Crippen LogP contribution in [0.5, 0.6) is 11.5 Å². The molecule has 0 spiro atoms. The molecule has 0 saturated heterocycles. The summed E-state index contributed by atoms with van der Waals surface area (Å²) in [6.45, 7) is 2.73. The number of carbonyl (C=O) groups excluding carboxylic acids is 2. The lowest BCUT2D eigenvalue weighted by Crippen LogP contribution is -2.01. The average Bonchev–Trinajstić information content (AvgIpc) is 2.79. The molecule has 0 aliphatic heterocycles. The minimum atomic E-state index is -0.370. The van der Waals surface area contributed by atoms with E-state index in [2.05, 4.69) is 0 Å². The van der Waals surface area contributed by atoms with Gasteiger partial charge in [0.2, 0.25) is 0 Å². The van der Waals surface area contributed by atoms with E-state index in [0.29, 0.717) is 17.3 Å². The largest absolute Gasteiger partial charge is 0.427 e. The number of nitrogens with zero attached hydrogens (tertiary/aromatic N) is 2. The van der Waals surface area contributed by atoms with Crippen LogP contribution in [-0.4, -0.2) is 21.9 Å². The van der Waals surface area contributed by atoms with Crippen LogP contribution in [0.1, 0.15) is 13.8 Å². The summed E-state index contributed by atoms with van der Waals surface area (Å²) < 4.78 is 10.2. The van der Waals surface area contributed by atoms with Crippen LogP contribution in [0.25, 0.3) is 33.9 Å². The Labute approximate surface area is 185 Å². The minimum Gasteiger partial charge on any atom is -0.427 e. The van der Waals surface area contributed by atoms with Gasteiger partial charge in [0.05, 0.1) is 11.4 Å². The molecule has 1 heterocycles. The van der Waals surface area contributed by atoms with Crippen LogP contribution in [0.15, 0.2) is 84.9 Å². The summed E-state index contributed by atoms with van der Waals surface area (Å²) in [4.78, 5) is 31.9. The molecule has 158 valence electrons. The summed E-state index contributed by atoms with van der Waals surface area (Å²) in [6, 6.07) is 25.9. The zero-order valence-electron chi connectivity index (χ0n) is 17.6. The van der Waals surface area contributed by atoms with Crippen molar-refractivity contribution in [2.45, 2.75) is 13.8 Å². The fourth-order valence-electron chi connectivity index (χ4n) is 3.18. The van der Waals surface area contributed by atoms with E-state index in [0.717, 1.165) is 28.1 Å². The van der Waals surface area contributed by atoms with Gasteiger partial charge in [-0.15, -0.1) is 0 Å². The first-order valence-electron chi connectivity index (χ1n) is 10.00. The van der Waals surface area contributed by atoms with Gasteiger partial charge in [0.25, 0.3) is 0 Å². The zero-order valence-corrected chi connectivity index (χ0v) is 17.6. The predicted molar refractivity (Wildman–Crippen MR) is 121 cm³/mol. The number of ether oxygens (including phenoxy) is 2. The van der Waals surface area contributed by atoms with Crippen LogP contribution in [0.4, 0.5) is 0 Å². The number of hydrogen-bond acceptors (Lipinski definition) is 6. The van der Waals surface area contributed by atoms with Crippen LogP contribution in [0.3, 0.4) is 0 Å². The van der Waals surface area contributed by atoms with Gasteiger partial charge >= 0.3 is 11.9 Å². The van der Waals surface area contributed by atoms with Crippen molar-refractivity contribution in [1.82, 2.24) is 9.97 Å². The van der Waals surface area contributed by atoms with E-state index in [1.807, 2.05) is 60.7 Å². The molecule has 4 aromatic rings. The normalized spacial score (nSPS) is 10.4. The maximum Gasteiger partial charge on any atom is 0.308 e. The van der Waals surface area contributed by atoms with Crippen LogP contribution in [0.2, 0.25) is 0 Å². The minimum absolute atomic E-state index is 0.370. The van der Waals surface area contributed by atoms with Gasteiger partial charge in [0, 0.05) is 30.5 Å². The van der Waals surface area contributed by atoms with Gasteiger partial charge in [-0.05, 0) is 54.6 Å². The third-order valence-corrected chi connectivity index (χ3v) is 4.58. The van der Waals surface area contributed by atoms with E-state index >= 15 is 0 Å². The molecule has 0 saturated carbocycles. The first kappa shape index (κ1) is 20.9. The SMILES string of the molecule is CC(=O)Oc1ccc(-c2cc(-c3ccc(OC(C)=O)cc3)nc(-c3ccccc3)n2)cc1. The highest BCUT2D eigenvalue weighted by atomic mass is 16.5. The Hall–Kier alpha value is -4.32. The number of esters is 2. The number of aromatic nitrogens is 2. The first-order chi connectivity index (χ1) is 15.5. The van der Waals surface area contributed by atoms with Crippen molar-refractivity contribution in [1.29, 1.82) is 0 Å². The number of rotatable bonds is 5. The second-order valence-electron chi connectivity index (χ2n) is 7.06. The van der Waals surface area contributed by atoms with Gasteiger partial charge in [-0.25, -0.2) is 9.97 Å². The summed E-state index contributed by atoms with van der Waals surface area (Å²) in [5.74, 6) is 0.794. The van der Waals surface area contributed by atoms with E-state index in [1.165, 1.54) is 13.8 Å². The van der Waals surface area contributed by atoms with Gasteiger partial charge in [-0.2, -0.15) is 0 Å². The fourth-order valence-corrected chi connectivity index (χ4v) is 3.18. The Kier molecular flexibility index (Phi) is 6.03. The number of carbonyl (C=O) groups is 2. The molecule has 0 aliphatic carbocycles. The number of benzene rings is 3. The molecule has 0 aliphatic rings. The van der Waals surface area contributed by atoms with Gasteiger partial charge < -0.3 is 9.47 Å². The van der Waals surface area contributed by atoms with E-state index < -0.39 is 0 Å². The zero-order chi connectivity index (χ0) is 22.5. The Balaban J connectivity index is 1.76. The highest BCUT2D eigenvalue weighted by Crippen LogP contribution is 2.29. The van der Waals surface area contributed by atoms with Crippen LogP contribution >= 0.6 is 0 Å². The second kappa shape index (κ2) is 9.22. The van der Waals surface area contributed by atoms with Crippen LogP contribution in [-0.2, 0) is 9.59 Å². The van der Waals surface area contributed by atoms with Crippen molar-refractivity contribution in [3.05, 3.63) is 84.9 Å². The van der Waals surface area contributed by atoms with E-state index in [9.17, 15) is 9.59 Å². The summed E-state index contributed by atoms with van der Waals surface area (Å²) >= 11 is 0. The molecule has 0 N–H and O–H groups in total. The van der Waals surface area contributed by atoms with Gasteiger partial charge in [0.15, 0.2) is 5.82 Å². The quantitative estimate of drug-likeness (QED) is 0.318. The lowest BCUT2D eigenvalue weighted by Gasteiger charge is -2.10. The molecular weight excluding hydrogens is 404 g/mol. The maximum absolute atomic E-state index is 11.2. The maximum atomic E-state index is 11.2. The second-order valence-corrected chi connectivity index (χ2v) is 7.06. The standard InChI is InChI=1S/C26H20N2O4/c1-17(29)31-22-12-8-19(9-13-22)24-16-25(20-10-14-23(15-11-20)32-18(2)30)28-26(27-24)21-6-4-3-5-7-21/h3-16H,1-2H3. The lowest BCUT2D eigenvalue weighted by atomic mass is 10.1. The van der Waals surface area contributed by atoms with Gasteiger partial charge in [0.1, 0.15) is 11.5 Å². The molecule has 0 unspecified atom stereocenters. The summed E-state index contributed by atoms with van der Waals surface area (Å²) in [5.41, 5.74) is 4.07. The van der Waals surface area contributed by atoms with Crippen LogP contribution in [0, 0.1) is 0 Å². The van der Waals surface area contributed by atoms with Gasteiger partial charge in [-0.1, -0.05) is 30.3 Å². The Morgan fingerprint density at radius 1 is 0.594 bits per heavy atom. The number of hydrogen-bond donors (Lipinski definition) is 0. The monoisotopic (exact) mass is 424 g/mol. The third kappa shape index (κ3) is 5.05. The Bertz CT molecular complexity index is 1170.